The molecule has 3 aromatic heterocycles. The maximum atomic E-state index is 13.8. The first-order valence-corrected chi connectivity index (χ1v) is 9.56. The smallest absolute Gasteiger partial charge is 0.335 e. The summed E-state index contributed by atoms with van der Waals surface area (Å²) >= 11 is 0. The van der Waals surface area contributed by atoms with Gasteiger partial charge in [-0.05, 0) is 38.5 Å². The van der Waals surface area contributed by atoms with Gasteiger partial charge in [-0.25, -0.2) is 19.6 Å². The van der Waals surface area contributed by atoms with Crippen molar-refractivity contribution in [2.75, 3.05) is 6.54 Å². The number of aryl methyl sites for hydroxylation is 1. The fourth-order valence-corrected chi connectivity index (χ4v) is 3.10. The number of rotatable bonds is 7. The summed E-state index contributed by atoms with van der Waals surface area (Å²) in [7, 11) is 0. The average Bonchev–Trinajstić information content (AvgIpc) is 3.27. The van der Waals surface area contributed by atoms with Crippen LogP contribution < -0.4 is 0 Å². The zero-order valence-corrected chi connectivity index (χ0v) is 16.8. The van der Waals surface area contributed by atoms with E-state index in [9.17, 15) is 22.4 Å². The molecule has 1 amide bonds. The molecule has 3 heterocycles. The number of hydrogen-bond donors (Lipinski definition) is 0. The minimum Gasteiger partial charge on any atom is -0.335 e. The van der Waals surface area contributed by atoms with Gasteiger partial charge in [0, 0.05) is 43.8 Å². The molecule has 0 unspecified atom stereocenters. The molecule has 0 radical (unpaired) electrons. The summed E-state index contributed by atoms with van der Waals surface area (Å²) in [5.41, 5.74) is -0.658. The number of nitrogens with zero attached hydrogens (tertiary/aromatic N) is 6. The summed E-state index contributed by atoms with van der Waals surface area (Å²) in [5, 5.41) is 4.08. The van der Waals surface area contributed by atoms with E-state index in [-0.39, 0.29) is 24.0 Å². The van der Waals surface area contributed by atoms with E-state index in [0.29, 0.717) is 18.7 Å². The van der Waals surface area contributed by atoms with Gasteiger partial charge in [0.15, 0.2) is 5.69 Å². The van der Waals surface area contributed by atoms with Crippen molar-refractivity contribution in [3.8, 4) is 5.69 Å². The molecule has 0 aromatic carbocycles. The van der Waals surface area contributed by atoms with Gasteiger partial charge in [-0.2, -0.15) is 22.7 Å². The average molecular weight is 436 g/mol. The van der Waals surface area contributed by atoms with E-state index in [2.05, 4.69) is 20.1 Å². The number of hydrogen-bond acceptors (Lipinski definition) is 5. The molecule has 164 valence electrons. The summed E-state index contributed by atoms with van der Waals surface area (Å²) in [6, 6.07) is 3.92. The molecular weight excluding hydrogens is 416 g/mol. The number of carbonyl (C=O) groups excluding carboxylic acids is 1. The van der Waals surface area contributed by atoms with Gasteiger partial charge >= 0.3 is 6.18 Å². The third-order valence-corrected chi connectivity index (χ3v) is 4.75. The van der Waals surface area contributed by atoms with Gasteiger partial charge in [0.05, 0.1) is 11.3 Å². The zero-order chi connectivity index (χ0) is 22.6. The van der Waals surface area contributed by atoms with Gasteiger partial charge in [-0.3, -0.25) is 4.79 Å². The Kier molecular flexibility index (Phi) is 6.62. The van der Waals surface area contributed by atoms with Crippen molar-refractivity contribution in [1.82, 2.24) is 29.6 Å². The molecule has 11 heteroatoms. The van der Waals surface area contributed by atoms with Gasteiger partial charge in [0.25, 0.3) is 5.91 Å². The van der Waals surface area contributed by atoms with E-state index < -0.39 is 23.6 Å². The topological polar surface area (TPSA) is 76.8 Å². The number of alkyl halides is 3. The number of pyridine rings is 1. The lowest BCUT2D eigenvalue weighted by Gasteiger charge is -2.28. The standard InChI is InChI=1S/C20H20F4N6O/c1-3-29(13(2)5-8-17-25-11-14(12-26-17)20(22,23)24)19(31)18-15(6-7-16(21)28-18)30-10-4-9-27-30/h4,6-7,9-13H,3,5,8H2,1-2H3/t13-/m0/s1. The van der Waals surface area contributed by atoms with Crippen LogP contribution in [-0.4, -0.2) is 48.1 Å². The van der Waals surface area contributed by atoms with Crippen LogP contribution in [0.1, 0.15) is 42.1 Å². The molecule has 3 aromatic rings. The summed E-state index contributed by atoms with van der Waals surface area (Å²) in [5.74, 6) is -1.03. The zero-order valence-electron chi connectivity index (χ0n) is 16.8. The van der Waals surface area contributed by atoms with Crippen molar-refractivity contribution in [2.45, 2.75) is 38.9 Å². The number of aromatic nitrogens is 5. The Morgan fingerprint density at radius 3 is 2.52 bits per heavy atom. The number of carbonyl (C=O) groups is 1. The molecule has 0 fully saturated rings. The van der Waals surface area contributed by atoms with Crippen molar-refractivity contribution in [3.63, 3.8) is 0 Å². The van der Waals surface area contributed by atoms with Crippen LogP contribution >= 0.6 is 0 Å². The molecule has 0 aliphatic heterocycles. The maximum absolute atomic E-state index is 13.8. The molecule has 0 aliphatic carbocycles. The van der Waals surface area contributed by atoms with Crippen LogP contribution in [0.15, 0.2) is 43.0 Å². The Balaban J connectivity index is 1.74. The highest BCUT2D eigenvalue weighted by Crippen LogP contribution is 2.27. The molecule has 3 rings (SSSR count). The molecule has 7 nitrogen and oxygen atoms in total. The second kappa shape index (κ2) is 9.19. The quantitative estimate of drug-likeness (QED) is 0.417. The van der Waals surface area contributed by atoms with Crippen molar-refractivity contribution in [3.05, 3.63) is 66.0 Å². The monoisotopic (exact) mass is 436 g/mol. The largest absolute Gasteiger partial charge is 0.419 e. The molecule has 0 N–H and O–H groups in total. The van der Waals surface area contributed by atoms with Crippen LogP contribution in [-0.2, 0) is 12.6 Å². The van der Waals surface area contributed by atoms with Crippen LogP contribution in [0.3, 0.4) is 0 Å². The molecule has 0 aliphatic rings. The SMILES string of the molecule is CCN(C(=O)c1nc(F)ccc1-n1cccn1)[C@@H](C)CCc1ncc(C(F)(F)F)cn1. The third kappa shape index (κ3) is 5.22. The summed E-state index contributed by atoms with van der Waals surface area (Å²) < 4.78 is 53.1. The molecular formula is C20H20F4N6O. The van der Waals surface area contributed by atoms with Crippen molar-refractivity contribution >= 4 is 5.91 Å². The molecule has 0 bridgehead atoms. The first kappa shape index (κ1) is 22.3. The van der Waals surface area contributed by atoms with E-state index in [1.807, 2.05) is 0 Å². The van der Waals surface area contributed by atoms with Crippen LogP contribution in [0.4, 0.5) is 17.6 Å². The van der Waals surface area contributed by atoms with Gasteiger partial charge in [-0.15, -0.1) is 0 Å². The highest BCUT2D eigenvalue weighted by Gasteiger charge is 2.31. The predicted octanol–water partition coefficient (Wildman–Crippen LogP) is 3.70. The molecule has 1 atom stereocenters. The van der Waals surface area contributed by atoms with E-state index >= 15 is 0 Å². The fraction of sp³-hybridized carbons (Fsp3) is 0.350. The van der Waals surface area contributed by atoms with Crippen LogP contribution in [0.2, 0.25) is 0 Å². The lowest BCUT2D eigenvalue weighted by atomic mass is 10.1. The van der Waals surface area contributed by atoms with Gasteiger partial charge < -0.3 is 4.90 Å². The number of amides is 1. The van der Waals surface area contributed by atoms with Crippen molar-refractivity contribution < 1.29 is 22.4 Å². The Hall–Kier alpha value is -3.37. The minimum atomic E-state index is -4.50. The highest BCUT2D eigenvalue weighted by atomic mass is 19.4. The lowest BCUT2D eigenvalue weighted by molar-refractivity contribution is -0.138. The molecule has 31 heavy (non-hydrogen) atoms. The van der Waals surface area contributed by atoms with E-state index in [1.54, 1.807) is 26.1 Å². The Labute approximate surface area is 175 Å². The minimum absolute atomic E-state index is 0.0804. The highest BCUT2D eigenvalue weighted by molar-refractivity contribution is 5.96. The second-order valence-corrected chi connectivity index (χ2v) is 6.82. The number of halogens is 4. The molecule has 0 saturated carbocycles. The second-order valence-electron chi connectivity index (χ2n) is 6.82. The first-order valence-electron chi connectivity index (χ1n) is 9.56. The summed E-state index contributed by atoms with van der Waals surface area (Å²) in [6.45, 7) is 3.89. The van der Waals surface area contributed by atoms with Crippen LogP contribution in [0.25, 0.3) is 5.69 Å². The summed E-state index contributed by atoms with van der Waals surface area (Å²) in [4.78, 5) is 26.0. The summed E-state index contributed by atoms with van der Waals surface area (Å²) in [6.07, 6.45) is 0.797. The first-order chi connectivity index (χ1) is 14.7. The van der Waals surface area contributed by atoms with Crippen LogP contribution in [0.5, 0.6) is 0 Å². The van der Waals surface area contributed by atoms with E-state index in [0.717, 1.165) is 18.5 Å². The normalized spacial score (nSPS) is 12.6. The van der Waals surface area contributed by atoms with Gasteiger partial charge in [0.1, 0.15) is 5.82 Å². The fourth-order valence-electron chi connectivity index (χ4n) is 3.10. The van der Waals surface area contributed by atoms with E-state index in [1.165, 1.54) is 21.8 Å². The van der Waals surface area contributed by atoms with Gasteiger partial charge in [0.2, 0.25) is 5.95 Å². The Bertz CT molecular complexity index is 1020. The maximum Gasteiger partial charge on any atom is 0.419 e. The predicted molar refractivity (Wildman–Crippen MR) is 103 cm³/mol. The lowest BCUT2D eigenvalue weighted by Crippen LogP contribution is -2.40. The van der Waals surface area contributed by atoms with Crippen LogP contribution in [0, 0.1) is 5.95 Å². The van der Waals surface area contributed by atoms with E-state index in [4.69, 9.17) is 0 Å². The Morgan fingerprint density at radius 1 is 1.23 bits per heavy atom. The van der Waals surface area contributed by atoms with Gasteiger partial charge in [-0.1, -0.05) is 0 Å². The van der Waals surface area contributed by atoms with Crippen molar-refractivity contribution in [2.24, 2.45) is 0 Å². The van der Waals surface area contributed by atoms with Crippen molar-refractivity contribution in [1.29, 1.82) is 0 Å². The Morgan fingerprint density at radius 2 is 1.94 bits per heavy atom. The molecule has 0 saturated heterocycles. The molecule has 0 spiro atoms. The third-order valence-electron chi connectivity index (χ3n) is 4.75.